The van der Waals surface area contributed by atoms with Gasteiger partial charge in [-0.25, -0.2) is 13.6 Å². The summed E-state index contributed by atoms with van der Waals surface area (Å²) >= 11 is 0. The van der Waals surface area contributed by atoms with Crippen molar-refractivity contribution < 1.29 is 32.6 Å². The number of cyclic esters (lactones) is 1. The molecule has 0 spiro atoms. The number of unbranched alkanes of at least 4 members (excludes halogenated alkanes) is 1. The lowest BCUT2D eigenvalue weighted by atomic mass is 10.0. The summed E-state index contributed by atoms with van der Waals surface area (Å²) in [5.41, 5.74) is 0.0957. The predicted octanol–water partition coefficient (Wildman–Crippen LogP) is 2.41. The Bertz CT molecular complexity index is 908. The maximum Gasteiger partial charge on any atom is 0.414 e. The number of ether oxygens (including phenoxy) is 2. The van der Waals surface area contributed by atoms with E-state index in [1.54, 1.807) is 4.90 Å². The molecule has 180 valence electrons. The number of nitrogens with zero attached hydrogens (tertiary/aromatic N) is 2. The van der Waals surface area contributed by atoms with E-state index in [1.807, 2.05) is 6.92 Å². The normalized spacial score (nSPS) is 25.8. The highest BCUT2D eigenvalue weighted by atomic mass is 19.1. The van der Waals surface area contributed by atoms with Crippen molar-refractivity contribution in [2.24, 2.45) is 11.8 Å². The number of benzene rings is 1. The number of anilines is 1. The number of carbonyl (C=O) groups is 3. The van der Waals surface area contributed by atoms with Crippen LogP contribution in [0.1, 0.15) is 38.2 Å². The van der Waals surface area contributed by atoms with E-state index in [4.69, 9.17) is 9.47 Å². The SMILES string of the molecule is CCCCOCC(=O)N1C[C@@H]2[C@H](C1)[C@H]2c1c(F)cc(N2C[C@H](CNC(C)=O)OC2=O)cc1F. The van der Waals surface area contributed by atoms with Crippen molar-refractivity contribution in [2.45, 2.75) is 38.7 Å². The van der Waals surface area contributed by atoms with Gasteiger partial charge in [0, 0.05) is 32.2 Å². The molecule has 3 aliphatic rings. The highest BCUT2D eigenvalue weighted by molar-refractivity contribution is 5.90. The number of hydrogen-bond acceptors (Lipinski definition) is 5. The molecule has 10 heteroatoms. The topological polar surface area (TPSA) is 88.2 Å². The standard InChI is InChI=1S/C23H29F2N3O5/c1-3-4-5-32-12-20(30)27-10-16-17(11-27)21(16)22-18(24)6-14(7-19(22)25)28-9-15(33-23(28)31)8-26-13(2)29/h6-7,15-17,21H,3-5,8-12H2,1-2H3,(H,26,29)/t15-,16-,17+,21+/m0/s1. The fourth-order valence-corrected chi connectivity index (χ4v) is 4.80. The van der Waals surface area contributed by atoms with Gasteiger partial charge in [0.1, 0.15) is 24.3 Å². The number of likely N-dealkylation sites (tertiary alicyclic amines) is 1. The Kier molecular flexibility index (Phi) is 6.83. The molecule has 1 saturated carbocycles. The molecule has 4 atom stereocenters. The first kappa shape index (κ1) is 23.4. The second-order valence-corrected chi connectivity index (χ2v) is 8.93. The average molecular weight is 465 g/mol. The molecule has 8 nitrogen and oxygen atoms in total. The zero-order valence-corrected chi connectivity index (χ0v) is 18.8. The first-order valence-corrected chi connectivity index (χ1v) is 11.4. The van der Waals surface area contributed by atoms with Gasteiger partial charge in [0.25, 0.3) is 0 Å². The van der Waals surface area contributed by atoms with Crippen LogP contribution in [0.3, 0.4) is 0 Å². The van der Waals surface area contributed by atoms with Crippen LogP contribution in [-0.2, 0) is 19.1 Å². The van der Waals surface area contributed by atoms with E-state index in [-0.39, 0.29) is 60.5 Å². The molecule has 2 heterocycles. The minimum absolute atomic E-state index is 0.0161. The van der Waals surface area contributed by atoms with Gasteiger partial charge in [-0.15, -0.1) is 0 Å². The molecule has 33 heavy (non-hydrogen) atoms. The van der Waals surface area contributed by atoms with Crippen LogP contribution in [0.2, 0.25) is 0 Å². The van der Waals surface area contributed by atoms with Gasteiger partial charge in [-0.05, 0) is 36.3 Å². The summed E-state index contributed by atoms with van der Waals surface area (Å²) in [5, 5.41) is 2.56. The van der Waals surface area contributed by atoms with E-state index < -0.39 is 23.8 Å². The van der Waals surface area contributed by atoms with Crippen LogP contribution in [0.5, 0.6) is 0 Å². The fourth-order valence-electron chi connectivity index (χ4n) is 4.80. The summed E-state index contributed by atoms with van der Waals surface area (Å²) in [7, 11) is 0. The Balaban J connectivity index is 1.36. The summed E-state index contributed by atoms with van der Waals surface area (Å²) in [6.45, 7) is 5.13. The van der Waals surface area contributed by atoms with Crippen LogP contribution < -0.4 is 10.2 Å². The summed E-state index contributed by atoms with van der Waals surface area (Å²) in [6.07, 6.45) is 0.594. The number of rotatable bonds is 9. The quantitative estimate of drug-likeness (QED) is 0.566. The highest BCUT2D eigenvalue weighted by Crippen LogP contribution is 2.59. The molecular weight excluding hydrogens is 436 g/mol. The number of hydrogen-bond donors (Lipinski definition) is 1. The number of amides is 3. The summed E-state index contributed by atoms with van der Waals surface area (Å²) in [5.74, 6) is -1.98. The third-order valence-corrected chi connectivity index (χ3v) is 6.58. The maximum absolute atomic E-state index is 15.0. The van der Waals surface area contributed by atoms with E-state index >= 15 is 0 Å². The van der Waals surface area contributed by atoms with Crippen LogP contribution in [0, 0.1) is 23.5 Å². The Morgan fingerprint density at radius 2 is 1.85 bits per heavy atom. The van der Waals surface area contributed by atoms with Crippen LogP contribution >= 0.6 is 0 Å². The summed E-state index contributed by atoms with van der Waals surface area (Å²) < 4.78 is 40.5. The van der Waals surface area contributed by atoms with Crippen LogP contribution in [0.15, 0.2) is 12.1 Å². The molecule has 0 radical (unpaired) electrons. The minimum Gasteiger partial charge on any atom is -0.442 e. The van der Waals surface area contributed by atoms with E-state index in [0.717, 1.165) is 29.9 Å². The maximum atomic E-state index is 15.0. The molecule has 2 aliphatic heterocycles. The lowest BCUT2D eigenvalue weighted by Gasteiger charge is -2.21. The molecule has 1 aromatic rings. The van der Waals surface area contributed by atoms with Gasteiger partial charge in [0.2, 0.25) is 11.8 Å². The van der Waals surface area contributed by atoms with E-state index in [9.17, 15) is 23.2 Å². The third kappa shape index (κ3) is 4.95. The lowest BCUT2D eigenvalue weighted by Crippen LogP contribution is -2.34. The molecule has 0 aromatic heterocycles. The van der Waals surface area contributed by atoms with Gasteiger partial charge in [0.05, 0.1) is 18.8 Å². The zero-order valence-electron chi connectivity index (χ0n) is 18.8. The van der Waals surface area contributed by atoms with E-state index in [2.05, 4.69) is 5.32 Å². The van der Waals surface area contributed by atoms with Gasteiger partial charge in [-0.3, -0.25) is 14.5 Å². The van der Waals surface area contributed by atoms with Gasteiger partial charge >= 0.3 is 6.09 Å². The lowest BCUT2D eigenvalue weighted by molar-refractivity contribution is -0.135. The third-order valence-electron chi connectivity index (χ3n) is 6.58. The Labute approximate surface area is 191 Å². The smallest absolute Gasteiger partial charge is 0.414 e. The monoisotopic (exact) mass is 465 g/mol. The first-order valence-electron chi connectivity index (χ1n) is 11.4. The van der Waals surface area contributed by atoms with Gasteiger partial charge in [-0.2, -0.15) is 0 Å². The number of piperidine rings is 1. The fraction of sp³-hybridized carbons (Fsp3) is 0.609. The largest absolute Gasteiger partial charge is 0.442 e. The van der Waals surface area contributed by atoms with Crippen molar-refractivity contribution in [3.8, 4) is 0 Å². The molecule has 4 rings (SSSR count). The van der Waals surface area contributed by atoms with Crippen molar-refractivity contribution >= 4 is 23.6 Å². The second kappa shape index (κ2) is 9.62. The van der Waals surface area contributed by atoms with Crippen LogP contribution in [-0.4, -0.2) is 68.3 Å². The summed E-state index contributed by atoms with van der Waals surface area (Å²) in [4.78, 5) is 38.3. The number of fused-ring (bicyclic) bond motifs is 1. The number of carbonyl (C=O) groups excluding carboxylic acids is 3. The Hall–Kier alpha value is -2.75. The summed E-state index contributed by atoms with van der Waals surface area (Å²) in [6, 6.07) is 2.30. The van der Waals surface area contributed by atoms with Gasteiger partial charge in [0.15, 0.2) is 0 Å². The first-order chi connectivity index (χ1) is 15.8. The van der Waals surface area contributed by atoms with Gasteiger partial charge < -0.3 is 19.7 Å². The molecular formula is C23H29F2N3O5. The predicted molar refractivity (Wildman–Crippen MR) is 115 cm³/mol. The van der Waals surface area contributed by atoms with E-state index in [1.165, 1.54) is 6.92 Å². The van der Waals surface area contributed by atoms with Crippen molar-refractivity contribution in [2.75, 3.05) is 44.3 Å². The molecule has 0 unspecified atom stereocenters. The molecule has 1 N–H and O–H groups in total. The second-order valence-electron chi connectivity index (χ2n) is 8.93. The Morgan fingerprint density at radius 1 is 1.18 bits per heavy atom. The van der Waals surface area contributed by atoms with Crippen molar-refractivity contribution in [1.29, 1.82) is 0 Å². The average Bonchev–Trinajstić information content (AvgIpc) is 3.10. The van der Waals surface area contributed by atoms with Crippen molar-refractivity contribution in [3.05, 3.63) is 29.3 Å². The molecule has 3 amide bonds. The van der Waals surface area contributed by atoms with Crippen molar-refractivity contribution in [1.82, 2.24) is 10.2 Å². The molecule has 3 fully saturated rings. The van der Waals surface area contributed by atoms with Crippen molar-refractivity contribution in [3.63, 3.8) is 0 Å². The molecule has 0 bridgehead atoms. The Morgan fingerprint density at radius 3 is 2.45 bits per heavy atom. The zero-order chi connectivity index (χ0) is 23.7. The minimum atomic E-state index is -0.712. The molecule has 2 saturated heterocycles. The highest BCUT2D eigenvalue weighted by Gasteiger charge is 2.58. The van der Waals surface area contributed by atoms with Gasteiger partial charge in [-0.1, -0.05) is 13.3 Å². The van der Waals surface area contributed by atoms with Crippen LogP contribution in [0.4, 0.5) is 19.3 Å². The number of halogens is 2. The van der Waals surface area contributed by atoms with E-state index in [0.29, 0.717) is 19.7 Å². The number of nitrogens with one attached hydrogen (secondary N) is 1. The van der Waals surface area contributed by atoms with Crippen LogP contribution in [0.25, 0.3) is 0 Å². The molecule has 1 aromatic carbocycles. The molecule has 1 aliphatic carbocycles.